The number of rotatable bonds is 43. The summed E-state index contributed by atoms with van der Waals surface area (Å²) in [6, 6.07) is 26.3. The van der Waals surface area contributed by atoms with E-state index in [-0.39, 0.29) is 161 Å². The summed E-state index contributed by atoms with van der Waals surface area (Å²) >= 11 is 14.2. The fourth-order valence-corrected chi connectivity index (χ4v) is 14.2. The molecule has 5 N–H and O–H groups in total. The molecule has 4 atom stereocenters. The number of hydrogen-bond acceptors (Lipinski definition) is 21. The van der Waals surface area contributed by atoms with Gasteiger partial charge in [-0.05, 0) is 70.5 Å². The van der Waals surface area contributed by atoms with Gasteiger partial charge in [0.25, 0.3) is 23.6 Å². The van der Waals surface area contributed by atoms with Gasteiger partial charge in [-0.15, -0.1) is 34.5 Å². The Morgan fingerprint density at radius 2 is 1.08 bits per heavy atom. The molecule has 9 rings (SSSR count). The number of thiophene rings is 1. The highest BCUT2D eigenvalue weighted by Crippen LogP contribution is 2.48. The van der Waals surface area contributed by atoms with Crippen LogP contribution in [0.2, 0.25) is 0 Å². The zero-order valence-corrected chi connectivity index (χ0v) is 64.4. The van der Waals surface area contributed by atoms with Crippen molar-refractivity contribution >= 4 is 139 Å². The van der Waals surface area contributed by atoms with Gasteiger partial charge in [0.2, 0.25) is 11.8 Å². The molecule has 0 radical (unpaired) electrons. The Morgan fingerprint density at radius 1 is 0.609 bits per heavy atom. The number of hydrogen-bond donors (Lipinski definition) is 4. The third kappa shape index (κ3) is 23.2. The Balaban J connectivity index is 0.686. The minimum atomic E-state index is -0.910. The van der Waals surface area contributed by atoms with E-state index in [9.17, 15) is 52.7 Å². The SMILES string of the molecule is CC(=O)Oc1cc2c(c3ccccc13)[C@H](CCl)CN2C(=O)c1ccc(C(=O)N2C[C@@H](CCl)c3c2cc(OC(=O)N(C)CCN(C)C(=O)OCc2ccc(NC(=O)[C@H](CCCNC(N)=O)CC(=O)[C@@H](NC(=O)CCOCCOCCOCCOCCOCCOCCN4C(=O)C=CC4=O)C(C)C)cc2)c2ccccc32)s1. The second kappa shape index (κ2) is 42.0. The first-order chi connectivity index (χ1) is 53.0. The van der Waals surface area contributed by atoms with E-state index in [0.717, 1.165) is 38.1 Å². The number of esters is 1. The number of likely N-dealkylation sites (N-methyl/N-ethyl adjacent to an activating group) is 2. The summed E-state index contributed by atoms with van der Waals surface area (Å²) in [6.07, 6.45) is 1.30. The molecule has 3 aliphatic rings. The molecule has 1 aromatic heterocycles. The summed E-state index contributed by atoms with van der Waals surface area (Å²) in [5.74, 6) is -3.97. The Labute approximate surface area is 651 Å². The van der Waals surface area contributed by atoms with Crippen molar-refractivity contribution in [1.82, 2.24) is 25.3 Å². The average molecular weight is 1580 g/mol. The van der Waals surface area contributed by atoms with Gasteiger partial charge in [0, 0.05) is 137 Å². The maximum Gasteiger partial charge on any atom is 0.415 e. The van der Waals surface area contributed by atoms with Gasteiger partial charge in [-0.3, -0.25) is 43.3 Å². The van der Waals surface area contributed by atoms with Crippen LogP contribution in [-0.2, 0) is 68.5 Å². The van der Waals surface area contributed by atoms with E-state index in [1.165, 1.54) is 43.0 Å². The standard InChI is InChI=1S/C78H93Cl2N9O20S/c1-49(2)72(84-67(92)24-29-101-31-33-103-35-37-105-39-40-106-38-36-104-34-32-102-30-28-87-68(93)22-23-69(87)94)62(91)41-52(11-10-25-82-76(81)98)73(95)83-55-18-16-51(17-19-55)48-107-77(99)85(4)26-27-86(5)78(100)109-64-43-61-71(59-15-9-7-13-57(59)64)54(45-80)47-89(61)75(97)66-21-20-65(110-66)74(96)88-46-53(44-79)70-58-14-8-6-12-56(58)63(42-60(70)88)108-50(3)90/h6-9,12-23,42-43,49,52-54,72H,10-11,24-41,44-48H2,1-5H3,(H,83,95)(H,84,92)(H3,81,82,98)/t52-,53-,54-,72+/m1/s1. The van der Waals surface area contributed by atoms with E-state index in [0.29, 0.717) is 103 Å². The first-order valence-corrected chi connectivity index (χ1v) is 38.1. The summed E-state index contributed by atoms with van der Waals surface area (Å²) in [6.45, 7) is 9.18. The number of Topliss-reactive ketones (excluding diaryl/α,β-unsaturated/α-hetero) is 1. The van der Waals surface area contributed by atoms with Crippen molar-refractivity contribution in [3.63, 3.8) is 0 Å². The van der Waals surface area contributed by atoms with Crippen LogP contribution in [0.15, 0.2) is 109 Å². The van der Waals surface area contributed by atoms with E-state index in [1.54, 1.807) is 72.2 Å². The lowest BCUT2D eigenvalue weighted by Gasteiger charge is -2.24. The number of alkyl halides is 2. The molecule has 3 aliphatic heterocycles. The topological polar surface area (TPSA) is 349 Å². The van der Waals surface area contributed by atoms with Crippen LogP contribution in [0.5, 0.6) is 11.5 Å². The number of ether oxygens (including phenoxy) is 9. The molecule has 10 amide bonds. The number of carbonyl (C=O) groups excluding carboxylic acids is 11. The van der Waals surface area contributed by atoms with E-state index in [2.05, 4.69) is 16.0 Å². The molecule has 5 aromatic carbocycles. The molecule has 0 bridgehead atoms. The first kappa shape index (κ1) is 84.4. The lowest BCUT2D eigenvalue weighted by molar-refractivity contribution is -0.138. The van der Waals surface area contributed by atoms with Gasteiger partial charge in [-0.2, -0.15) is 0 Å². The molecule has 0 saturated carbocycles. The summed E-state index contributed by atoms with van der Waals surface area (Å²) in [5.41, 5.74) is 8.97. The van der Waals surface area contributed by atoms with Gasteiger partial charge in [0.15, 0.2) is 5.78 Å². The van der Waals surface area contributed by atoms with Crippen molar-refractivity contribution in [1.29, 1.82) is 0 Å². The summed E-state index contributed by atoms with van der Waals surface area (Å²) in [5, 5.41) is 11.0. The molecular weight excluding hydrogens is 1490 g/mol. The highest BCUT2D eigenvalue weighted by atomic mass is 35.5. The molecule has 4 heterocycles. The van der Waals surface area contributed by atoms with Crippen LogP contribution in [-0.4, -0.2) is 231 Å². The zero-order chi connectivity index (χ0) is 78.8. The molecule has 110 heavy (non-hydrogen) atoms. The Morgan fingerprint density at radius 3 is 1.56 bits per heavy atom. The summed E-state index contributed by atoms with van der Waals surface area (Å²) in [4.78, 5) is 152. The number of primary amides is 1. The molecular formula is C78H93Cl2N9O20S. The third-order valence-electron chi connectivity index (χ3n) is 18.4. The summed E-state index contributed by atoms with van der Waals surface area (Å²) in [7, 11) is 3.04. The van der Waals surface area contributed by atoms with E-state index < -0.39 is 48.0 Å². The van der Waals surface area contributed by atoms with Crippen LogP contribution in [0.25, 0.3) is 21.5 Å². The minimum absolute atomic E-state index is 0.0285. The third-order valence-corrected chi connectivity index (χ3v) is 20.3. The number of halogens is 2. The smallest absolute Gasteiger partial charge is 0.415 e. The van der Waals surface area contributed by atoms with Gasteiger partial charge < -0.3 is 83.9 Å². The molecule has 29 nitrogen and oxygen atoms in total. The Kier molecular flexibility index (Phi) is 32.2. The van der Waals surface area contributed by atoms with E-state index >= 15 is 0 Å². The fourth-order valence-electron chi connectivity index (χ4n) is 12.8. The highest BCUT2D eigenvalue weighted by Gasteiger charge is 2.39. The van der Waals surface area contributed by atoms with Gasteiger partial charge in [-0.1, -0.05) is 74.5 Å². The van der Waals surface area contributed by atoms with Crippen LogP contribution in [0, 0.1) is 11.8 Å². The number of anilines is 3. The maximum absolute atomic E-state index is 14.7. The molecule has 0 spiro atoms. The lowest BCUT2D eigenvalue weighted by atomic mass is 9.89. The van der Waals surface area contributed by atoms with Crippen LogP contribution in [0.1, 0.15) is 94.3 Å². The number of nitrogens with zero attached hydrogens (tertiary/aromatic N) is 5. The number of nitrogens with one attached hydrogen (secondary N) is 3. The molecule has 0 unspecified atom stereocenters. The monoisotopic (exact) mass is 1580 g/mol. The zero-order valence-electron chi connectivity index (χ0n) is 62.1. The normalized spacial score (nSPS) is 14.9. The number of amides is 10. The number of carbonyl (C=O) groups is 11. The largest absolute Gasteiger partial charge is 0.445 e. The predicted octanol–water partition coefficient (Wildman–Crippen LogP) is 9.16. The molecule has 0 saturated heterocycles. The van der Waals surface area contributed by atoms with Crippen molar-refractivity contribution in [2.45, 2.75) is 70.9 Å². The van der Waals surface area contributed by atoms with Crippen molar-refractivity contribution in [2.75, 3.05) is 160 Å². The van der Waals surface area contributed by atoms with Gasteiger partial charge in [-0.25, -0.2) is 14.4 Å². The van der Waals surface area contributed by atoms with Crippen LogP contribution < -0.4 is 41.0 Å². The second-order valence-corrected chi connectivity index (χ2v) is 28.3. The van der Waals surface area contributed by atoms with E-state index in [1.807, 2.05) is 48.5 Å². The number of urea groups is 1. The number of benzene rings is 5. The van der Waals surface area contributed by atoms with Crippen molar-refractivity contribution < 1.29 is 95.4 Å². The Bertz CT molecular complexity index is 4280. The van der Waals surface area contributed by atoms with Crippen LogP contribution in [0.3, 0.4) is 0 Å². The Hall–Kier alpha value is -9.63. The fraction of sp³-hybridized carbons (Fsp3) is 0.449. The lowest BCUT2D eigenvalue weighted by Crippen LogP contribution is -2.45. The quantitative estimate of drug-likeness (QED) is 0.00910. The predicted molar refractivity (Wildman–Crippen MR) is 412 cm³/mol. The van der Waals surface area contributed by atoms with Crippen molar-refractivity contribution in [3.05, 3.63) is 136 Å². The molecule has 0 fully saturated rings. The van der Waals surface area contributed by atoms with Gasteiger partial charge in [0.1, 0.15) is 18.1 Å². The molecule has 6 aromatic rings. The van der Waals surface area contributed by atoms with Crippen molar-refractivity contribution in [3.8, 4) is 11.5 Å². The average Bonchev–Trinajstić information content (AvgIpc) is 1.59. The maximum atomic E-state index is 14.7. The van der Waals surface area contributed by atoms with Crippen LogP contribution in [0.4, 0.5) is 31.4 Å². The number of ketones is 1. The van der Waals surface area contributed by atoms with Crippen molar-refractivity contribution in [2.24, 2.45) is 17.6 Å². The first-order valence-electron chi connectivity index (χ1n) is 36.3. The van der Waals surface area contributed by atoms with Gasteiger partial charge in [0.05, 0.1) is 113 Å². The molecule has 590 valence electrons. The molecule has 32 heteroatoms. The number of fused-ring (bicyclic) bond motifs is 6. The highest BCUT2D eigenvalue weighted by molar-refractivity contribution is 7.16. The molecule has 0 aliphatic carbocycles. The van der Waals surface area contributed by atoms with Gasteiger partial charge >= 0.3 is 24.2 Å². The number of nitrogens with two attached hydrogens (primary N) is 1. The number of imide groups is 1. The minimum Gasteiger partial charge on any atom is -0.445 e. The summed E-state index contributed by atoms with van der Waals surface area (Å²) < 4.78 is 50.3. The van der Waals surface area contributed by atoms with Crippen LogP contribution >= 0.6 is 34.5 Å². The van der Waals surface area contributed by atoms with E-state index in [4.69, 9.17) is 71.6 Å². The second-order valence-electron chi connectivity index (χ2n) is 26.6.